The number of hydrogen-bond acceptors (Lipinski definition) is 5. The summed E-state index contributed by atoms with van der Waals surface area (Å²) in [5, 5.41) is 11.5. The van der Waals surface area contributed by atoms with E-state index in [0.717, 1.165) is 48.6 Å². The molecular weight excluding hydrogens is 414 g/mol. The van der Waals surface area contributed by atoms with Gasteiger partial charge in [-0.05, 0) is 51.2 Å². The van der Waals surface area contributed by atoms with E-state index in [1.54, 1.807) is 6.07 Å². The first-order valence-electron chi connectivity index (χ1n) is 11.1. The molecule has 2 aliphatic rings. The fraction of sp³-hybridized carbons (Fsp3) is 0.591. The lowest BCUT2D eigenvalue weighted by atomic mass is 9.97. The Morgan fingerprint density at radius 3 is 2.61 bits per heavy atom. The van der Waals surface area contributed by atoms with Crippen molar-refractivity contribution in [3.8, 4) is 0 Å². The molecular formula is C22H31N5O3S. The number of aryl methyl sites for hydroxylation is 3. The van der Waals surface area contributed by atoms with Crippen LogP contribution in [-0.2, 0) is 34.3 Å². The number of benzene rings is 1. The highest BCUT2D eigenvalue weighted by Gasteiger charge is 2.33. The summed E-state index contributed by atoms with van der Waals surface area (Å²) >= 11 is 0. The number of aromatic nitrogens is 3. The molecule has 0 atom stereocenters. The van der Waals surface area contributed by atoms with Crippen molar-refractivity contribution in [3.05, 3.63) is 41.0 Å². The second-order valence-corrected chi connectivity index (χ2v) is 10.6. The summed E-state index contributed by atoms with van der Waals surface area (Å²) in [6.45, 7) is 5.76. The van der Waals surface area contributed by atoms with Gasteiger partial charge in [-0.3, -0.25) is 4.79 Å². The van der Waals surface area contributed by atoms with Gasteiger partial charge in [-0.2, -0.15) is 4.31 Å². The zero-order valence-corrected chi connectivity index (χ0v) is 19.1. The zero-order valence-electron chi connectivity index (χ0n) is 18.3. The van der Waals surface area contributed by atoms with Gasteiger partial charge in [0.1, 0.15) is 5.82 Å². The van der Waals surface area contributed by atoms with Crippen molar-refractivity contribution in [1.82, 2.24) is 24.4 Å². The van der Waals surface area contributed by atoms with Crippen LogP contribution in [0.25, 0.3) is 0 Å². The Kier molecular flexibility index (Phi) is 6.43. The Labute approximate surface area is 184 Å². The Bertz CT molecular complexity index is 1060. The average molecular weight is 446 g/mol. The zero-order chi connectivity index (χ0) is 22.0. The number of carbonyl (C=O) groups excluding carboxylic acids is 1. The second kappa shape index (κ2) is 9.08. The smallest absolute Gasteiger partial charge is 0.243 e. The van der Waals surface area contributed by atoms with Crippen LogP contribution in [0.5, 0.6) is 0 Å². The molecule has 0 bridgehead atoms. The standard InChI is InChI=1S/C22H31N5O3S/c1-16-7-8-19(17(2)14-16)31(29,30)26-12-9-18(10-13-26)22(28)23-15-21-25-24-20-6-4-3-5-11-27(20)21/h7-8,14,18H,3-6,9-13,15H2,1-2H3,(H,23,28). The van der Waals surface area contributed by atoms with E-state index < -0.39 is 10.0 Å². The van der Waals surface area contributed by atoms with Crippen LogP contribution in [0.4, 0.5) is 0 Å². The number of fused-ring (bicyclic) bond motifs is 1. The third-order valence-corrected chi connectivity index (χ3v) is 8.44. The lowest BCUT2D eigenvalue weighted by Crippen LogP contribution is -2.43. The van der Waals surface area contributed by atoms with Crippen LogP contribution in [0, 0.1) is 19.8 Å². The first-order valence-corrected chi connectivity index (χ1v) is 12.6. The van der Waals surface area contributed by atoms with Crippen LogP contribution in [-0.4, -0.2) is 46.5 Å². The Morgan fingerprint density at radius 2 is 1.87 bits per heavy atom. The van der Waals surface area contributed by atoms with Gasteiger partial charge in [0.05, 0.1) is 11.4 Å². The Morgan fingerprint density at radius 1 is 1.10 bits per heavy atom. The maximum Gasteiger partial charge on any atom is 0.243 e. The first kappa shape index (κ1) is 22.0. The molecule has 8 nitrogen and oxygen atoms in total. The second-order valence-electron chi connectivity index (χ2n) is 8.66. The first-order chi connectivity index (χ1) is 14.9. The number of hydrogen-bond donors (Lipinski definition) is 1. The van der Waals surface area contributed by atoms with Crippen LogP contribution >= 0.6 is 0 Å². The molecule has 0 saturated carbocycles. The SMILES string of the molecule is Cc1ccc(S(=O)(=O)N2CCC(C(=O)NCc3nnc4n3CCCCC4)CC2)c(C)c1. The van der Waals surface area contributed by atoms with E-state index in [9.17, 15) is 13.2 Å². The summed E-state index contributed by atoms with van der Waals surface area (Å²) in [5.41, 5.74) is 1.80. The van der Waals surface area contributed by atoms with Crippen molar-refractivity contribution >= 4 is 15.9 Å². The van der Waals surface area contributed by atoms with E-state index in [1.807, 2.05) is 26.0 Å². The molecule has 168 valence electrons. The fourth-order valence-corrected chi connectivity index (χ4v) is 6.25. The Balaban J connectivity index is 1.33. The van der Waals surface area contributed by atoms with Gasteiger partial charge < -0.3 is 9.88 Å². The number of piperidine rings is 1. The summed E-state index contributed by atoms with van der Waals surface area (Å²) in [5.74, 6) is 1.60. The third-order valence-electron chi connectivity index (χ3n) is 6.38. The molecule has 3 heterocycles. The van der Waals surface area contributed by atoms with Gasteiger partial charge in [0.15, 0.2) is 5.82 Å². The molecule has 1 amide bonds. The maximum atomic E-state index is 13.0. The topological polar surface area (TPSA) is 97.2 Å². The molecule has 1 aromatic heterocycles. The van der Waals surface area contributed by atoms with Crippen LogP contribution in [0.15, 0.2) is 23.1 Å². The largest absolute Gasteiger partial charge is 0.349 e. The van der Waals surface area contributed by atoms with Crippen molar-refractivity contribution in [1.29, 1.82) is 0 Å². The molecule has 31 heavy (non-hydrogen) atoms. The predicted molar refractivity (Wildman–Crippen MR) is 117 cm³/mol. The minimum atomic E-state index is -3.54. The average Bonchev–Trinajstić information content (AvgIpc) is 2.97. The summed E-state index contributed by atoms with van der Waals surface area (Å²) < 4.78 is 29.7. The van der Waals surface area contributed by atoms with Gasteiger partial charge in [-0.15, -0.1) is 10.2 Å². The van der Waals surface area contributed by atoms with Gasteiger partial charge in [0.25, 0.3) is 0 Å². The molecule has 2 aliphatic heterocycles. The van der Waals surface area contributed by atoms with Crippen molar-refractivity contribution in [2.45, 2.75) is 70.4 Å². The van der Waals surface area contributed by atoms with Gasteiger partial charge in [-0.25, -0.2) is 8.42 Å². The van der Waals surface area contributed by atoms with E-state index in [4.69, 9.17) is 0 Å². The highest BCUT2D eigenvalue weighted by atomic mass is 32.2. The summed E-state index contributed by atoms with van der Waals surface area (Å²) in [6.07, 6.45) is 5.42. The van der Waals surface area contributed by atoms with E-state index in [0.29, 0.717) is 37.4 Å². The van der Waals surface area contributed by atoms with E-state index in [1.165, 1.54) is 10.7 Å². The van der Waals surface area contributed by atoms with Crippen molar-refractivity contribution in [2.75, 3.05) is 13.1 Å². The van der Waals surface area contributed by atoms with Crippen molar-refractivity contribution in [3.63, 3.8) is 0 Å². The number of amides is 1. The summed E-state index contributed by atoms with van der Waals surface area (Å²) in [4.78, 5) is 13.1. The van der Waals surface area contributed by atoms with Crippen LogP contribution in [0.1, 0.15) is 54.9 Å². The lowest BCUT2D eigenvalue weighted by Gasteiger charge is -2.31. The molecule has 1 aromatic carbocycles. The number of rotatable bonds is 5. The molecule has 9 heteroatoms. The van der Waals surface area contributed by atoms with E-state index in [2.05, 4.69) is 20.1 Å². The van der Waals surface area contributed by atoms with Crippen molar-refractivity contribution in [2.24, 2.45) is 5.92 Å². The highest BCUT2D eigenvalue weighted by Crippen LogP contribution is 2.26. The molecule has 1 saturated heterocycles. The summed E-state index contributed by atoms with van der Waals surface area (Å²) in [6, 6.07) is 5.39. The Hall–Kier alpha value is -2.26. The number of nitrogens with one attached hydrogen (secondary N) is 1. The normalized spacial score (nSPS) is 18.4. The quantitative estimate of drug-likeness (QED) is 0.762. The lowest BCUT2D eigenvalue weighted by molar-refractivity contribution is -0.126. The number of nitrogens with zero attached hydrogens (tertiary/aromatic N) is 4. The minimum absolute atomic E-state index is 0.0328. The number of sulfonamides is 1. The highest BCUT2D eigenvalue weighted by molar-refractivity contribution is 7.89. The third kappa shape index (κ3) is 4.67. The molecule has 4 rings (SSSR count). The van der Waals surface area contributed by atoms with Crippen LogP contribution in [0.2, 0.25) is 0 Å². The van der Waals surface area contributed by atoms with Crippen LogP contribution < -0.4 is 5.32 Å². The predicted octanol–water partition coefficient (Wildman–Crippen LogP) is 2.34. The molecule has 1 N–H and O–H groups in total. The number of carbonyl (C=O) groups is 1. The van der Waals surface area contributed by atoms with Gasteiger partial charge in [0.2, 0.25) is 15.9 Å². The van der Waals surface area contributed by atoms with Crippen molar-refractivity contribution < 1.29 is 13.2 Å². The molecule has 0 aliphatic carbocycles. The molecule has 0 radical (unpaired) electrons. The maximum absolute atomic E-state index is 13.0. The van der Waals surface area contributed by atoms with Gasteiger partial charge >= 0.3 is 0 Å². The van der Waals surface area contributed by atoms with Gasteiger partial charge in [0, 0.05) is 32.0 Å². The van der Waals surface area contributed by atoms with Gasteiger partial charge in [-0.1, -0.05) is 24.1 Å². The fourth-order valence-electron chi connectivity index (χ4n) is 4.57. The molecule has 1 fully saturated rings. The van der Waals surface area contributed by atoms with E-state index in [-0.39, 0.29) is 11.8 Å². The molecule has 2 aromatic rings. The summed E-state index contributed by atoms with van der Waals surface area (Å²) in [7, 11) is -3.54. The molecule has 0 unspecified atom stereocenters. The minimum Gasteiger partial charge on any atom is -0.349 e. The monoisotopic (exact) mass is 445 g/mol. The van der Waals surface area contributed by atoms with E-state index >= 15 is 0 Å². The van der Waals surface area contributed by atoms with Crippen LogP contribution in [0.3, 0.4) is 0 Å². The molecule has 0 spiro atoms.